The van der Waals surface area contributed by atoms with E-state index in [-0.39, 0.29) is 66.9 Å². The molecule has 3 aromatic carbocycles. The molecular formula is C32H35ClF3N3O8S. The molecule has 0 bridgehead atoms. The van der Waals surface area contributed by atoms with Gasteiger partial charge in [-0.1, -0.05) is 29.8 Å². The molecule has 2 amide bonds. The van der Waals surface area contributed by atoms with Crippen LogP contribution in [0.5, 0.6) is 11.5 Å². The predicted molar refractivity (Wildman–Crippen MR) is 176 cm³/mol. The second-order valence-corrected chi connectivity index (χ2v) is 11.4. The van der Waals surface area contributed by atoms with Gasteiger partial charge in [-0.25, -0.2) is 5.43 Å². The van der Waals surface area contributed by atoms with E-state index in [9.17, 15) is 27.9 Å². The number of nitrogens with zero attached hydrogens (tertiary/aromatic N) is 1. The zero-order valence-corrected chi connectivity index (χ0v) is 27.6. The van der Waals surface area contributed by atoms with E-state index in [0.29, 0.717) is 11.5 Å². The Morgan fingerprint density at radius 3 is 2.31 bits per heavy atom. The molecule has 3 aromatic rings. The second-order valence-electron chi connectivity index (χ2n) is 9.97. The van der Waals surface area contributed by atoms with Crippen LogP contribution >= 0.6 is 23.4 Å². The fourth-order valence-corrected chi connectivity index (χ4v) is 5.11. The number of benzene rings is 3. The SMILES string of the molecule is COCCOc1cc(NC(=O)c2cccc(CSCC(O)CO)c2)c(C(=O)N/N=C\c2ccc(Cl)c(C(F)(F)F)c2)cc1OCCOC. The van der Waals surface area contributed by atoms with Gasteiger partial charge in [0, 0.05) is 37.4 Å². The topological polar surface area (TPSA) is 148 Å². The zero-order chi connectivity index (χ0) is 35.1. The number of ether oxygens (including phenoxy) is 4. The molecule has 0 fully saturated rings. The molecule has 0 spiro atoms. The average molecular weight is 714 g/mol. The number of nitrogens with one attached hydrogen (secondary N) is 2. The van der Waals surface area contributed by atoms with Gasteiger partial charge < -0.3 is 34.5 Å². The molecule has 0 aliphatic heterocycles. The van der Waals surface area contributed by atoms with Crippen LogP contribution in [0.25, 0.3) is 0 Å². The summed E-state index contributed by atoms with van der Waals surface area (Å²) in [5.74, 6) is -0.281. The lowest BCUT2D eigenvalue weighted by molar-refractivity contribution is -0.137. The second kappa shape index (κ2) is 19.2. The van der Waals surface area contributed by atoms with Crippen LogP contribution in [0.2, 0.25) is 5.02 Å². The highest BCUT2D eigenvalue weighted by Gasteiger charge is 2.33. The highest BCUT2D eigenvalue weighted by Crippen LogP contribution is 2.36. The minimum absolute atomic E-state index is 0.0231. The molecule has 1 unspecified atom stereocenters. The number of rotatable bonds is 18. The van der Waals surface area contributed by atoms with Gasteiger partial charge in [-0.05, 0) is 41.5 Å². The van der Waals surface area contributed by atoms with Crippen molar-refractivity contribution in [2.24, 2.45) is 5.10 Å². The summed E-state index contributed by atoms with van der Waals surface area (Å²) in [7, 11) is 2.98. The lowest BCUT2D eigenvalue weighted by atomic mass is 10.1. The number of thioether (sulfide) groups is 1. The van der Waals surface area contributed by atoms with Gasteiger partial charge in [-0.2, -0.15) is 30.0 Å². The molecule has 11 nitrogen and oxygen atoms in total. The number of aliphatic hydroxyl groups excluding tert-OH is 2. The summed E-state index contributed by atoms with van der Waals surface area (Å²) in [4.78, 5) is 26.8. The molecule has 0 radical (unpaired) electrons. The highest BCUT2D eigenvalue weighted by molar-refractivity contribution is 7.98. The zero-order valence-electron chi connectivity index (χ0n) is 26.0. The van der Waals surface area contributed by atoms with Gasteiger partial charge in [0.25, 0.3) is 11.8 Å². The lowest BCUT2D eigenvalue weighted by Crippen LogP contribution is -2.22. The van der Waals surface area contributed by atoms with E-state index in [4.69, 9.17) is 35.7 Å². The smallest absolute Gasteiger partial charge is 0.417 e. The molecule has 0 aliphatic rings. The number of anilines is 1. The fourth-order valence-electron chi connectivity index (χ4n) is 3.98. The lowest BCUT2D eigenvalue weighted by Gasteiger charge is -2.17. The third kappa shape index (κ3) is 12.0. The summed E-state index contributed by atoms with van der Waals surface area (Å²) < 4.78 is 61.5. The summed E-state index contributed by atoms with van der Waals surface area (Å²) in [6.07, 6.45) is -4.53. The van der Waals surface area contributed by atoms with Crippen LogP contribution in [-0.2, 0) is 21.4 Å². The molecule has 48 heavy (non-hydrogen) atoms. The van der Waals surface area contributed by atoms with Crippen LogP contribution < -0.4 is 20.2 Å². The molecule has 260 valence electrons. The molecule has 0 heterocycles. The van der Waals surface area contributed by atoms with Crippen LogP contribution in [0.15, 0.2) is 59.7 Å². The summed E-state index contributed by atoms with van der Waals surface area (Å²) >= 11 is 7.06. The number of halogens is 4. The van der Waals surface area contributed by atoms with E-state index < -0.39 is 34.7 Å². The summed E-state index contributed by atoms with van der Waals surface area (Å²) in [5.41, 5.74) is 2.22. The largest absolute Gasteiger partial charge is 0.487 e. The molecule has 0 aliphatic carbocycles. The van der Waals surface area contributed by atoms with Crippen LogP contribution in [0, 0.1) is 0 Å². The minimum atomic E-state index is -4.69. The summed E-state index contributed by atoms with van der Waals surface area (Å²) in [5, 5.41) is 24.7. The third-order valence-electron chi connectivity index (χ3n) is 6.32. The Labute approximate surface area is 284 Å². The number of alkyl halides is 3. The minimum Gasteiger partial charge on any atom is -0.487 e. The molecule has 1 atom stereocenters. The van der Waals surface area contributed by atoms with Crippen LogP contribution in [0.1, 0.15) is 37.4 Å². The van der Waals surface area contributed by atoms with E-state index in [1.54, 1.807) is 24.3 Å². The van der Waals surface area contributed by atoms with E-state index in [2.05, 4.69) is 15.8 Å². The van der Waals surface area contributed by atoms with Crippen molar-refractivity contribution in [2.75, 3.05) is 58.3 Å². The van der Waals surface area contributed by atoms with E-state index in [0.717, 1.165) is 23.9 Å². The number of carbonyl (C=O) groups is 2. The van der Waals surface area contributed by atoms with E-state index in [1.807, 2.05) is 0 Å². The van der Waals surface area contributed by atoms with Crippen molar-refractivity contribution >= 4 is 47.1 Å². The highest BCUT2D eigenvalue weighted by atomic mass is 35.5. The third-order valence-corrected chi connectivity index (χ3v) is 7.81. The number of methoxy groups -OCH3 is 2. The number of carbonyl (C=O) groups excluding carboxylic acids is 2. The molecular weight excluding hydrogens is 679 g/mol. The maximum Gasteiger partial charge on any atom is 0.417 e. The monoisotopic (exact) mass is 713 g/mol. The Hall–Kier alpha value is -3.86. The molecule has 0 saturated carbocycles. The maximum atomic E-state index is 13.4. The summed E-state index contributed by atoms with van der Waals surface area (Å²) in [6, 6.07) is 12.6. The van der Waals surface area contributed by atoms with Crippen molar-refractivity contribution in [1.82, 2.24) is 5.43 Å². The van der Waals surface area contributed by atoms with Gasteiger partial charge in [-0.3, -0.25) is 9.59 Å². The fraction of sp³-hybridized carbons (Fsp3) is 0.344. The molecule has 4 N–H and O–H groups in total. The molecule has 16 heteroatoms. The first kappa shape index (κ1) is 38.6. The standard InChI is InChI=1S/C32H35ClF3N3O8S/c1-44-8-10-46-28-14-24(31(43)39-37-16-20-6-7-26(33)25(13-20)32(34,35)36)27(15-29(28)47-11-9-45-2)38-30(42)22-5-3-4-21(12-22)18-48-19-23(41)17-40/h3-7,12-16,23,40-41H,8-11,17-19H2,1-2H3,(H,38,42)(H,39,43)/b37-16-. The van der Waals surface area contributed by atoms with Crippen LogP contribution in [-0.4, -0.2) is 87.4 Å². The maximum absolute atomic E-state index is 13.4. The predicted octanol–water partition coefficient (Wildman–Crippen LogP) is 5.01. The number of aliphatic hydroxyl groups is 2. The number of hydrogen-bond acceptors (Lipinski definition) is 10. The van der Waals surface area contributed by atoms with Crippen molar-refractivity contribution in [3.05, 3.63) is 87.4 Å². The van der Waals surface area contributed by atoms with Gasteiger partial charge in [0.15, 0.2) is 11.5 Å². The Balaban J connectivity index is 1.92. The number of hydrazone groups is 1. The Bertz CT molecular complexity index is 1560. The first-order valence-corrected chi connectivity index (χ1v) is 15.9. The van der Waals surface area contributed by atoms with Gasteiger partial charge in [0.1, 0.15) is 13.2 Å². The average Bonchev–Trinajstić information content (AvgIpc) is 3.05. The van der Waals surface area contributed by atoms with Crippen molar-refractivity contribution in [2.45, 2.75) is 18.0 Å². The quantitative estimate of drug-likeness (QED) is 0.0811. The van der Waals surface area contributed by atoms with Gasteiger partial charge in [-0.15, -0.1) is 0 Å². The molecule has 0 saturated heterocycles. The first-order chi connectivity index (χ1) is 23.0. The Kier molecular flexibility index (Phi) is 15.4. The van der Waals surface area contributed by atoms with E-state index >= 15 is 0 Å². The molecule has 0 aromatic heterocycles. The first-order valence-electron chi connectivity index (χ1n) is 14.4. The van der Waals surface area contributed by atoms with Crippen molar-refractivity contribution < 1.29 is 51.9 Å². The van der Waals surface area contributed by atoms with Gasteiger partial charge in [0.05, 0.1) is 54.0 Å². The molecule has 3 rings (SSSR count). The van der Waals surface area contributed by atoms with Crippen molar-refractivity contribution in [1.29, 1.82) is 0 Å². The van der Waals surface area contributed by atoms with E-state index in [1.165, 1.54) is 44.2 Å². The Morgan fingerprint density at radius 2 is 1.67 bits per heavy atom. The normalized spacial score (nSPS) is 12.2. The Morgan fingerprint density at radius 1 is 0.979 bits per heavy atom. The summed E-state index contributed by atoms with van der Waals surface area (Å²) in [6.45, 7) is 0.310. The van der Waals surface area contributed by atoms with Gasteiger partial charge in [0.2, 0.25) is 0 Å². The van der Waals surface area contributed by atoms with Gasteiger partial charge >= 0.3 is 6.18 Å². The van der Waals surface area contributed by atoms with Crippen LogP contribution in [0.4, 0.5) is 18.9 Å². The van der Waals surface area contributed by atoms with Crippen molar-refractivity contribution in [3.8, 4) is 11.5 Å². The van der Waals surface area contributed by atoms with Crippen molar-refractivity contribution in [3.63, 3.8) is 0 Å². The number of hydrogen-bond donors (Lipinski definition) is 4. The number of amides is 2. The van der Waals surface area contributed by atoms with Crippen LogP contribution in [0.3, 0.4) is 0 Å².